The number of anilines is 1. The molecule has 0 heterocycles. The predicted octanol–water partition coefficient (Wildman–Crippen LogP) is 2.80. The molecule has 5 nitrogen and oxygen atoms in total. The number of benzene rings is 1. The third-order valence-electron chi connectivity index (χ3n) is 3.49. The first-order chi connectivity index (χ1) is 9.90. The van der Waals surface area contributed by atoms with E-state index in [0.717, 1.165) is 12.8 Å². The smallest absolute Gasteiger partial charge is 0.224 e. The Bertz CT molecular complexity index is 450. The molecule has 0 aliphatic heterocycles. The first kappa shape index (κ1) is 17.3. The highest BCUT2D eigenvalue weighted by molar-refractivity contribution is 5.91. The molecule has 1 rings (SSSR count). The molecule has 0 atom stereocenters. The number of amides is 1. The lowest BCUT2D eigenvalue weighted by Crippen LogP contribution is -2.20. The van der Waals surface area contributed by atoms with Crippen molar-refractivity contribution in [3.05, 3.63) is 18.2 Å². The number of hydrogen-bond acceptors (Lipinski definition) is 4. The Morgan fingerprint density at radius 1 is 1.14 bits per heavy atom. The highest BCUT2D eigenvalue weighted by Crippen LogP contribution is 2.28. The van der Waals surface area contributed by atoms with Gasteiger partial charge in [0, 0.05) is 30.3 Å². The van der Waals surface area contributed by atoms with Crippen LogP contribution in [0.15, 0.2) is 18.2 Å². The lowest BCUT2D eigenvalue weighted by molar-refractivity contribution is -0.116. The van der Waals surface area contributed by atoms with Crippen LogP contribution in [0.4, 0.5) is 5.69 Å². The second-order valence-corrected chi connectivity index (χ2v) is 5.85. The van der Waals surface area contributed by atoms with E-state index < -0.39 is 0 Å². The molecule has 0 radical (unpaired) electrons. The van der Waals surface area contributed by atoms with Crippen molar-refractivity contribution in [2.24, 2.45) is 11.1 Å². The Kier molecular flexibility index (Phi) is 6.49. The van der Waals surface area contributed by atoms with Crippen LogP contribution in [0.2, 0.25) is 0 Å². The van der Waals surface area contributed by atoms with Gasteiger partial charge in [-0.15, -0.1) is 0 Å². The van der Waals surface area contributed by atoms with E-state index in [1.54, 1.807) is 32.4 Å². The molecule has 3 N–H and O–H groups in total. The van der Waals surface area contributed by atoms with Gasteiger partial charge in [-0.2, -0.15) is 0 Å². The summed E-state index contributed by atoms with van der Waals surface area (Å²) in [6, 6.07) is 5.30. The lowest BCUT2D eigenvalue weighted by Gasteiger charge is -2.23. The number of methoxy groups -OCH3 is 2. The fourth-order valence-electron chi connectivity index (χ4n) is 2.07. The summed E-state index contributed by atoms with van der Waals surface area (Å²) in [5, 5.41) is 2.88. The number of nitrogens with one attached hydrogen (secondary N) is 1. The van der Waals surface area contributed by atoms with Crippen LogP contribution < -0.4 is 20.5 Å². The fraction of sp³-hybridized carbons (Fsp3) is 0.562. The first-order valence-corrected chi connectivity index (χ1v) is 7.13. The Morgan fingerprint density at radius 2 is 1.71 bits per heavy atom. The van der Waals surface area contributed by atoms with Crippen molar-refractivity contribution in [2.75, 3.05) is 26.1 Å². The van der Waals surface area contributed by atoms with Crippen LogP contribution >= 0.6 is 0 Å². The average molecular weight is 294 g/mol. The minimum Gasteiger partial charge on any atom is -0.497 e. The molecule has 0 saturated heterocycles. The summed E-state index contributed by atoms with van der Waals surface area (Å²) in [4.78, 5) is 12.0. The Labute approximate surface area is 126 Å². The van der Waals surface area contributed by atoms with Crippen molar-refractivity contribution in [3.63, 3.8) is 0 Å². The molecule has 0 aliphatic rings. The minimum atomic E-state index is -0.0181. The van der Waals surface area contributed by atoms with E-state index in [0.29, 0.717) is 30.2 Å². The summed E-state index contributed by atoms with van der Waals surface area (Å²) in [7, 11) is 3.16. The topological polar surface area (TPSA) is 73.6 Å². The Hall–Kier alpha value is -1.75. The van der Waals surface area contributed by atoms with Gasteiger partial charge in [-0.25, -0.2) is 0 Å². The van der Waals surface area contributed by atoms with Crippen LogP contribution in [-0.2, 0) is 4.79 Å². The van der Waals surface area contributed by atoms with E-state index >= 15 is 0 Å². The highest BCUT2D eigenvalue weighted by atomic mass is 16.5. The summed E-state index contributed by atoms with van der Waals surface area (Å²) in [6.07, 6.45) is 2.18. The third kappa shape index (κ3) is 6.04. The van der Waals surface area contributed by atoms with E-state index in [4.69, 9.17) is 15.2 Å². The van der Waals surface area contributed by atoms with Gasteiger partial charge in [-0.1, -0.05) is 13.8 Å². The SMILES string of the molecule is COc1cc(NC(=O)CCC(C)(C)CCN)cc(OC)c1. The summed E-state index contributed by atoms with van der Waals surface area (Å²) in [5.74, 6) is 1.27. The molecule has 118 valence electrons. The number of rotatable bonds is 8. The van der Waals surface area contributed by atoms with E-state index in [1.807, 2.05) is 0 Å². The number of carbonyl (C=O) groups is 1. The average Bonchev–Trinajstić information content (AvgIpc) is 2.44. The molecule has 1 aromatic rings. The van der Waals surface area contributed by atoms with Crippen LogP contribution in [-0.4, -0.2) is 26.7 Å². The second-order valence-electron chi connectivity index (χ2n) is 5.85. The highest BCUT2D eigenvalue weighted by Gasteiger charge is 2.18. The quantitative estimate of drug-likeness (QED) is 0.773. The van der Waals surface area contributed by atoms with Crippen LogP contribution in [0, 0.1) is 5.41 Å². The fourth-order valence-corrected chi connectivity index (χ4v) is 2.07. The number of nitrogens with two attached hydrogens (primary N) is 1. The van der Waals surface area contributed by atoms with Crippen LogP contribution in [0.25, 0.3) is 0 Å². The molecular weight excluding hydrogens is 268 g/mol. The molecule has 21 heavy (non-hydrogen) atoms. The zero-order valence-electron chi connectivity index (χ0n) is 13.4. The normalized spacial score (nSPS) is 11.1. The molecule has 0 aliphatic carbocycles. The largest absolute Gasteiger partial charge is 0.497 e. The van der Waals surface area contributed by atoms with Crippen molar-refractivity contribution >= 4 is 11.6 Å². The summed E-state index contributed by atoms with van der Waals surface area (Å²) >= 11 is 0. The molecule has 0 fully saturated rings. The summed E-state index contributed by atoms with van der Waals surface area (Å²) in [5.41, 5.74) is 6.34. The second kappa shape index (κ2) is 7.88. The standard InChI is InChI=1S/C16H26N2O3/c1-16(2,7-8-17)6-5-15(19)18-12-9-13(20-3)11-14(10-12)21-4/h9-11H,5-8,17H2,1-4H3,(H,18,19). The third-order valence-corrected chi connectivity index (χ3v) is 3.49. The van der Waals surface area contributed by atoms with Gasteiger partial charge in [0.2, 0.25) is 5.91 Å². The van der Waals surface area contributed by atoms with Crippen molar-refractivity contribution in [1.29, 1.82) is 0 Å². The van der Waals surface area contributed by atoms with Crippen molar-refractivity contribution in [3.8, 4) is 11.5 Å². The van der Waals surface area contributed by atoms with Crippen LogP contribution in [0.3, 0.4) is 0 Å². The number of carbonyl (C=O) groups excluding carboxylic acids is 1. The van der Waals surface area contributed by atoms with E-state index in [-0.39, 0.29) is 11.3 Å². The maximum Gasteiger partial charge on any atom is 0.224 e. The first-order valence-electron chi connectivity index (χ1n) is 7.13. The van der Waals surface area contributed by atoms with E-state index in [2.05, 4.69) is 19.2 Å². The van der Waals surface area contributed by atoms with Crippen LogP contribution in [0.1, 0.15) is 33.1 Å². The Balaban J connectivity index is 2.62. The molecular formula is C16H26N2O3. The van der Waals surface area contributed by atoms with Gasteiger partial charge in [0.15, 0.2) is 0 Å². The zero-order chi connectivity index (χ0) is 15.9. The lowest BCUT2D eigenvalue weighted by atomic mass is 9.84. The molecule has 1 amide bonds. The van der Waals surface area contributed by atoms with Gasteiger partial charge in [0.1, 0.15) is 11.5 Å². The van der Waals surface area contributed by atoms with Gasteiger partial charge < -0.3 is 20.5 Å². The molecule has 0 saturated carbocycles. The zero-order valence-corrected chi connectivity index (χ0v) is 13.4. The van der Waals surface area contributed by atoms with Crippen molar-refractivity contribution in [1.82, 2.24) is 0 Å². The van der Waals surface area contributed by atoms with Crippen molar-refractivity contribution in [2.45, 2.75) is 33.1 Å². The van der Waals surface area contributed by atoms with E-state index in [1.165, 1.54) is 0 Å². The van der Waals surface area contributed by atoms with Crippen molar-refractivity contribution < 1.29 is 14.3 Å². The van der Waals surface area contributed by atoms with Gasteiger partial charge in [-0.3, -0.25) is 4.79 Å². The van der Waals surface area contributed by atoms with Crippen LogP contribution in [0.5, 0.6) is 11.5 Å². The molecule has 0 unspecified atom stereocenters. The molecule has 0 spiro atoms. The Morgan fingerprint density at radius 3 is 2.19 bits per heavy atom. The summed E-state index contributed by atoms with van der Waals surface area (Å²) in [6.45, 7) is 4.89. The maximum absolute atomic E-state index is 12.0. The van der Waals surface area contributed by atoms with Gasteiger partial charge in [0.25, 0.3) is 0 Å². The van der Waals surface area contributed by atoms with Gasteiger partial charge in [-0.05, 0) is 24.8 Å². The monoisotopic (exact) mass is 294 g/mol. The summed E-state index contributed by atoms with van der Waals surface area (Å²) < 4.78 is 10.4. The maximum atomic E-state index is 12.0. The number of ether oxygens (including phenoxy) is 2. The molecule has 1 aromatic carbocycles. The molecule has 0 bridgehead atoms. The van der Waals surface area contributed by atoms with Gasteiger partial charge in [0.05, 0.1) is 14.2 Å². The minimum absolute atomic E-state index is 0.0181. The molecule has 0 aromatic heterocycles. The molecule has 5 heteroatoms. The number of hydrogen-bond donors (Lipinski definition) is 2. The predicted molar refractivity (Wildman–Crippen MR) is 84.9 cm³/mol. The van der Waals surface area contributed by atoms with Gasteiger partial charge >= 0.3 is 0 Å². The van der Waals surface area contributed by atoms with E-state index in [9.17, 15) is 4.79 Å².